The van der Waals surface area contributed by atoms with Crippen LogP contribution < -0.4 is 4.74 Å². The van der Waals surface area contributed by atoms with Crippen LogP contribution in [0.2, 0.25) is 0 Å². The van der Waals surface area contributed by atoms with E-state index in [1.807, 2.05) is 6.07 Å². The molecule has 0 spiro atoms. The number of nitrogens with zero attached hydrogens (tertiary/aromatic N) is 1. The highest BCUT2D eigenvalue weighted by Gasteiger charge is 2.33. The summed E-state index contributed by atoms with van der Waals surface area (Å²) in [5, 5.41) is -0.247. The van der Waals surface area contributed by atoms with E-state index in [9.17, 15) is 14.0 Å². The molecule has 0 aliphatic carbocycles. The molecule has 1 saturated heterocycles. The number of thioether (sulfide) groups is 1. The van der Waals surface area contributed by atoms with Gasteiger partial charge < -0.3 is 4.74 Å². The molecule has 0 bridgehead atoms. The molecule has 1 aliphatic rings. The highest BCUT2D eigenvalue weighted by molar-refractivity contribution is 14.1. The lowest BCUT2D eigenvalue weighted by Gasteiger charge is -2.10. The van der Waals surface area contributed by atoms with Crippen LogP contribution in [-0.2, 0) is 11.4 Å². The van der Waals surface area contributed by atoms with Crippen LogP contribution in [0.1, 0.15) is 18.1 Å². The number of rotatable bonds is 5. The van der Waals surface area contributed by atoms with E-state index in [-0.39, 0.29) is 23.6 Å². The first kappa shape index (κ1) is 18.9. The number of ether oxygens (including phenoxy) is 1. The predicted octanol–water partition coefficient (Wildman–Crippen LogP) is 5.07. The summed E-state index contributed by atoms with van der Waals surface area (Å²) in [4.78, 5) is 25.5. The number of imide groups is 1. The molecule has 0 aromatic heterocycles. The summed E-state index contributed by atoms with van der Waals surface area (Å²) >= 11 is 3.07. The molecule has 4 nitrogen and oxygen atoms in total. The second-order valence-electron chi connectivity index (χ2n) is 5.50. The third-order valence-corrected chi connectivity index (χ3v) is 5.53. The van der Waals surface area contributed by atoms with Crippen LogP contribution in [0.4, 0.5) is 9.18 Å². The smallest absolute Gasteiger partial charge is 0.293 e. The fourth-order valence-electron chi connectivity index (χ4n) is 2.42. The molecule has 0 atom stereocenters. The monoisotopic (exact) mass is 483 g/mol. The zero-order valence-corrected chi connectivity index (χ0v) is 16.8. The molecule has 134 valence electrons. The summed E-state index contributed by atoms with van der Waals surface area (Å²) in [7, 11) is 0. The van der Waals surface area contributed by atoms with E-state index in [0.29, 0.717) is 22.8 Å². The maximum absolute atomic E-state index is 13.7. The molecule has 1 aliphatic heterocycles. The minimum Gasteiger partial charge on any atom is -0.488 e. The van der Waals surface area contributed by atoms with Gasteiger partial charge in [0, 0.05) is 12.1 Å². The Labute approximate surface area is 168 Å². The second kappa shape index (κ2) is 8.22. The van der Waals surface area contributed by atoms with Crippen molar-refractivity contribution in [3.8, 4) is 5.75 Å². The van der Waals surface area contributed by atoms with Gasteiger partial charge in [-0.05, 0) is 71.1 Å². The van der Waals surface area contributed by atoms with Crippen molar-refractivity contribution in [1.29, 1.82) is 0 Å². The Kier molecular flexibility index (Phi) is 5.98. The van der Waals surface area contributed by atoms with Gasteiger partial charge in [0.2, 0.25) is 0 Å². The maximum Gasteiger partial charge on any atom is 0.293 e. The lowest BCUT2D eigenvalue weighted by Crippen LogP contribution is -2.27. The number of carbonyl (C=O) groups excluding carboxylic acids is 2. The third kappa shape index (κ3) is 4.09. The van der Waals surface area contributed by atoms with E-state index in [0.717, 1.165) is 20.9 Å². The topological polar surface area (TPSA) is 46.6 Å². The van der Waals surface area contributed by atoms with E-state index < -0.39 is 0 Å². The average Bonchev–Trinajstić information content (AvgIpc) is 2.88. The van der Waals surface area contributed by atoms with Crippen LogP contribution in [0.3, 0.4) is 0 Å². The highest BCUT2D eigenvalue weighted by Crippen LogP contribution is 2.33. The molecule has 1 fully saturated rings. The Balaban J connectivity index is 1.74. The van der Waals surface area contributed by atoms with Crippen LogP contribution in [0, 0.1) is 9.39 Å². The van der Waals surface area contributed by atoms with Crippen molar-refractivity contribution in [3.63, 3.8) is 0 Å². The van der Waals surface area contributed by atoms with Gasteiger partial charge in [0.15, 0.2) is 0 Å². The van der Waals surface area contributed by atoms with Crippen molar-refractivity contribution in [3.05, 3.63) is 67.9 Å². The van der Waals surface area contributed by atoms with Gasteiger partial charge in [0.1, 0.15) is 18.2 Å². The maximum atomic E-state index is 13.7. The fourth-order valence-corrected chi connectivity index (χ4v) is 4.02. The van der Waals surface area contributed by atoms with Crippen molar-refractivity contribution < 1.29 is 18.7 Å². The van der Waals surface area contributed by atoms with Crippen LogP contribution >= 0.6 is 34.4 Å². The van der Waals surface area contributed by atoms with E-state index in [4.69, 9.17) is 4.74 Å². The summed E-state index contributed by atoms with van der Waals surface area (Å²) < 4.78 is 20.2. The Morgan fingerprint density at radius 1 is 1.23 bits per heavy atom. The van der Waals surface area contributed by atoms with Crippen LogP contribution in [0.25, 0.3) is 6.08 Å². The van der Waals surface area contributed by atoms with Gasteiger partial charge >= 0.3 is 0 Å². The zero-order valence-electron chi connectivity index (χ0n) is 13.9. The zero-order chi connectivity index (χ0) is 18.7. The summed E-state index contributed by atoms with van der Waals surface area (Å²) in [6.07, 6.45) is 1.70. The molecule has 2 aromatic carbocycles. The fraction of sp³-hybridized carbons (Fsp3) is 0.158. The summed E-state index contributed by atoms with van der Waals surface area (Å²) in [6.45, 7) is 2.27. The van der Waals surface area contributed by atoms with Crippen molar-refractivity contribution in [2.75, 3.05) is 6.54 Å². The van der Waals surface area contributed by atoms with Gasteiger partial charge in [0.05, 0.1) is 8.48 Å². The standard InChI is InChI=1S/C19H15FINO3S/c1-2-22-18(23)17(26-19(22)24)10-12-7-8-16(15(21)9-12)25-11-13-5-3-4-6-14(13)20/h3-10H,2,11H2,1H3/b17-10+. The Morgan fingerprint density at radius 3 is 2.65 bits per heavy atom. The van der Waals surface area contributed by atoms with Crippen LogP contribution in [0.5, 0.6) is 5.75 Å². The minimum atomic E-state index is -0.300. The number of amides is 2. The lowest BCUT2D eigenvalue weighted by molar-refractivity contribution is -0.122. The Morgan fingerprint density at radius 2 is 2.00 bits per heavy atom. The second-order valence-corrected chi connectivity index (χ2v) is 7.65. The molecule has 0 unspecified atom stereocenters. The van der Waals surface area contributed by atoms with Gasteiger partial charge in [0.25, 0.3) is 11.1 Å². The summed E-state index contributed by atoms with van der Waals surface area (Å²) in [6, 6.07) is 11.9. The van der Waals surface area contributed by atoms with Crippen LogP contribution in [-0.4, -0.2) is 22.6 Å². The molecule has 26 heavy (non-hydrogen) atoms. The lowest BCUT2D eigenvalue weighted by atomic mass is 10.2. The van der Waals surface area contributed by atoms with E-state index in [1.165, 1.54) is 11.0 Å². The molecular weight excluding hydrogens is 468 g/mol. The van der Waals surface area contributed by atoms with E-state index in [2.05, 4.69) is 22.6 Å². The molecule has 1 heterocycles. The quantitative estimate of drug-likeness (QED) is 0.441. The molecule has 3 rings (SSSR count). The molecule has 2 amide bonds. The Bertz CT molecular complexity index is 900. The molecule has 0 radical (unpaired) electrons. The molecule has 0 N–H and O–H groups in total. The molecule has 2 aromatic rings. The first-order valence-corrected chi connectivity index (χ1v) is 9.80. The number of hydrogen-bond donors (Lipinski definition) is 0. The first-order chi connectivity index (χ1) is 12.5. The van der Waals surface area contributed by atoms with E-state index >= 15 is 0 Å². The Hall–Kier alpha value is -1.87. The number of halogens is 2. The average molecular weight is 483 g/mol. The summed E-state index contributed by atoms with van der Waals surface area (Å²) in [5.74, 6) is 0.0656. The number of benzene rings is 2. The van der Waals surface area contributed by atoms with Crippen molar-refractivity contribution in [2.45, 2.75) is 13.5 Å². The van der Waals surface area contributed by atoms with Gasteiger partial charge in [-0.3, -0.25) is 14.5 Å². The first-order valence-electron chi connectivity index (χ1n) is 7.90. The van der Waals surface area contributed by atoms with Crippen molar-refractivity contribution in [1.82, 2.24) is 4.90 Å². The van der Waals surface area contributed by atoms with Crippen molar-refractivity contribution >= 4 is 51.6 Å². The SMILES string of the molecule is CCN1C(=O)S/C(=C/c2ccc(OCc3ccccc3F)c(I)c2)C1=O. The van der Waals surface area contributed by atoms with Gasteiger partial charge in [-0.2, -0.15) is 0 Å². The molecule has 0 saturated carbocycles. The number of hydrogen-bond acceptors (Lipinski definition) is 4. The van der Waals surface area contributed by atoms with Gasteiger partial charge in [-0.15, -0.1) is 0 Å². The molecular formula is C19H15FINO3S. The minimum absolute atomic E-state index is 0.136. The van der Waals surface area contributed by atoms with Crippen LogP contribution in [0.15, 0.2) is 47.4 Å². The van der Waals surface area contributed by atoms with E-state index in [1.54, 1.807) is 43.3 Å². The molecule has 7 heteroatoms. The normalized spacial score (nSPS) is 15.8. The third-order valence-electron chi connectivity index (χ3n) is 3.78. The summed E-state index contributed by atoms with van der Waals surface area (Å²) in [5.41, 5.74) is 1.29. The number of likely N-dealkylation sites (N-methyl/N-ethyl adjacent to an activating group) is 1. The van der Waals surface area contributed by atoms with Gasteiger partial charge in [-0.1, -0.05) is 24.3 Å². The van der Waals surface area contributed by atoms with Crippen molar-refractivity contribution in [2.24, 2.45) is 0 Å². The van der Waals surface area contributed by atoms with Gasteiger partial charge in [-0.25, -0.2) is 4.39 Å². The predicted molar refractivity (Wildman–Crippen MR) is 108 cm³/mol. The number of carbonyl (C=O) groups is 2. The highest BCUT2D eigenvalue weighted by atomic mass is 127. The largest absolute Gasteiger partial charge is 0.488 e.